The van der Waals surface area contributed by atoms with Gasteiger partial charge in [0.05, 0.1) is 12.7 Å². The summed E-state index contributed by atoms with van der Waals surface area (Å²) in [4.78, 5) is 7.00. The minimum Gasteiger partial charge on any atom is -0.373 e. The topological polar surface area (TPSA) is 48.9 Å². The van der Waals surface area contributed by atoms with E-state index in [1.807, 2.05) is 7.05 Å². The summed E-state index contributed by atoms with van der Waals surface area (Å²) in [6.07, 6.45) is 8.34. The molecule has 6 heteroatoms. The number of fused-ring (bicyclic) bond motifs is 1. The van der Waals surface area contributed by atoms with E-state index in [1.165, 1.54) is 45.1 Å². The molecule has 3 rings (SSSR count). The number of nitrogens with one attached hydrogen (secondary N) is 2. The summed E-state index contributed by atoms with van der Waals surface area (Å²) < 4.78 is 6.03. The van der Waals surface area contributed by atoms with E-state index in [2.05, 4.69) is 34.4 Å². The van der Waals surface area contributed by atoms with Crippen LogP contribution in [0.1, 0.15) is 52.4 Å². The molecule has 3 aliphatic rings. The molecule has 0 aromatic carbocycles. The van der Waals surface area contributed by atoms with Crippen molar-refractivity contribution in [2.24, 2.45) is 16.3 Å². The second-order valence-corrected chi connectivity index (χ2v) is 8.50. The monoisotopic (exact) mass is 464 g/mol. The van der Waals surface area contributed by atoms with Gasteiger partial charge in [0.25, 0.3) is 0 Å². The lowest BCUT2D eigenvalue weighted by molar-refractivity contribution is -0.0453. The van der Waals surface area contributed by atoms with E-state index in [9.17, 15) is 0 Å². The summed E-state index contributed by atoms with van der Waals surface area (Å²) in [5.41, 5.74) is 0.496. The maximum Gasteiger partial charge on any atom is 0.191 e. The highest BCUT2D eigenvalue weighted by Gasteiger charge is 2.37. The van der Waals surface area contributed by atoms with Gasteiger partial charge in [-0.25, -0.2) is 0 Å². The number of morpholine rings is 1. The third-order valence-corrected chi connectivity index (χ3v) is 6.07. The highest BCUT2D eigenvalue weighted by molar-refractivity contribution is 14.0. The third-order valence-electron chi connectivity index (χ3n) is 6.07. The Bertz CT molecular complexity index is 439. The molecular formula is C19H37IN4O. The maximum absolute atomic E-state index is 6.03. The quantitative estimate of drug-likeness (QED) is 0.361. The Kier molecular flexibility index (Phi) is 8.27. The number of guanidine groups is 1. The zero-order chi connectivity index (χ0) is 17.0. The molecule has 5 nitrogen and oxygen atoms in total. The molecule has 2 N–H and O–H groups in total. The molecule has 2 aliphatic heterocycles. The van der Waals surface area contributed by atoms with E-state index < -0.39 is 0 Å². The first-order valence-electron chi connectivity index (χ1n) is 9.90. The lowest BCUT2D eigenvalue weighted by atomic mass is 9.64. The van der Waals surface area contributed by atoms with Crippen molar-refractivity contribution >= 4 is 29.9 Å². The SMILES string of the molecule is CN=C(NCC1CN2CCCC2CO1)NCC1(CC(C)C)CCC1.I. The van der Waals surface area contributed by atoms with Crippen LogP contribution in [0.15, 0.2) is 4.99 Å². The fourth-order valence-electron chi connectivity index (χ4n) is 4.71. The van der Waals surface area contributed by atoms with Crippen molar-refractivity contribution in [2.45, 2.75) is 64.5 Å². The molecule has 2 heterocycles. The first kappa shape index (κ1) is 21.2. The highest BCUT2D eigenvalue weighted by atomic mass is 127. The average Bonchev–Trinajstić information content (AvgIpc) is 2.99. The van der Waals surface area contributed by atoms with Gasteiger partial charge < -0.3 is 15.4 Å². The van der Waals surface area contributed by atoms with Gasteiger partial charge in [-0.2, -0.15) is 0 Å². The Hall–Kier alpha value is -0.0800. The van der Waals surface area contributed by atoms with Crippen molar-refractivity contribution in [1.29, 1.82) is 0 Å². The second kappa shape index (κ2) is 9.74. The van der Waals surface area contributed by atoms with Crippen LogP contribution in [0.3, 0.4) is 0 Å². The molecule has 0 aromatic heterocycles. The van der Waals surface area contributed by atoms with E-state index in [-0.39, 0.29) is 30.1 Å². The molecule has 2 unspecified atom stereocenters. The maximum atomic E-state index is 6.03. The molecule has 0 spiro atoms. The van der Waals surface area contributed by atoms with Gasteiger partial charge in [-0.15, -0.1) is 24.0 Å². The Morgan fingerprint density at radius 1 is 1.28 bits per heavy atom. The zero-order valence-electron chi connectivity index (χ0n) is 16.2. The van der Waals surface area contributed by atoms with E-state index in [0.29, 0.717) is 11.5 Å². The van der Waals surface area contributed by atoms with Crippen LogP contribution >= 0.6 is 24.0 Å². The van der Waals surface area contributed by atoms with Gasteiger partial charge in [0.15, 0.2) is 5.96 Å². The molecule has 3 fully saturated rings. The van der Waals surface area contributed by atoms with Crippen LogP contribution in [0.4, 0.5) is 0 Å². The predicted molar refractivity (Wildman–Crippen MR) is 115 cm³/mol. The lowest BCUT2D eigenvalue weighted by Crippen LogP contribution is -2.52. The molecule has 0 amide bonds. The van der Waals surface area contributed by atoms with Crippen LogP contribution in [0, 0.1) is 11.3 Å². The molecule has 0 radical (unpaired) electrons. The minimum absolute atomic E-state index is 0. The number of hydrogen-bond donors (Lipinski definition) is 2. The number of aliphatic imine (C=N–C) groups is 1. The molecule has 0 aromatic rings. The fourth-order valence-corrected chi connectivity index (χ4v) is 4.71. The summed E-state index contributed by atoms with van der Waals surface area (Å²) in [6.45, 7) is 9.76. The van der Waals surface area contributed by atoms with Crippen LogP contribution < -0.4 is 10.6 Å². The summed E-state index contributed by atoms with van der Waals surface area (Å²) >= 11 is 0. The van der Waals surface area contributed by atoms with E-state index in [1.54, 1.807) is 0 Å². The van der Waals surface area contributed by atoms with Crippen molar-refractivity contribution in [2.75, 3.05) is 39.8 Å². The van der Waals surface area contributed by atoms with Gasteiger partial charge in [0, 0.05) is 32.7 Å². The number of hydrogen-bond acceptors (Lipinski definition) is 3. The van der Waals surface area contributed by atoms with Crippen molar-refractivity contribution in [1.82, 2.24) is 15.5 Å². The number of halogens is 1. The van der Waals surface area contributed by atoms with Crippen molar-refractivity contribution in [3.63, 3.8) is 0 Å². The highest BCUT2D eigenvalue weighted by Crippen LogP contribution is 2.45. The Morgan fingerprint density at radius 2 is 2.08 bits per heavy atom. The number of ether oxygens (including phenoxy) is 1. The van der Waals surface area contributed by atoms with E-state index in [0.717, 1.165) is 38.1 Å². The predicted octanol–water partition coefficient (Wildman–Crippen LogP) is 2.85. The van der Waals surface area contributed by atoms with Gasteiger partial charge >= 0.3 is 0 Å². The van der Waals surface area contributed by atoms with Gasteiger partial charge in [-0.3, -0.25) is 9.89 Å². The van der Waals surface area contributed by atoms with Gasteiger partial charge in [0.1, 0.15) is 0 Å². The Balaban J connectivity index is 0.00000225. The van der Waals surface area contributed by atoms with Crippen LogP contribution in [0.2, 0.25) is 0 Å². The van der Waals surface area contributed by atoms with Crippen molar-refractivity contribution < 1.29 is 4.74 Å². The summed E-state index contributed by atoms with van der Waals surface area (Å²) in [5, 5.41) is 7.05. The van der Waals surface area contributed by atoms with Gasteiger partial charge in [-0.1, -0.05) is 20.3 Å². The molecule has 146 valence electrons. The van der Waals surface area contributed by atoms with E-state index in [4.69, 9.17) is 4.74 Å². The molecule has 2 atom stereocenters. The second-order valence-electron chi connectivity index (χ2n) is 8.50. The van der Waals surface area contributed by atoms with E-state index >= 15 is 0 Å². The van der Waals surface area contributed by atoms with Crippen LogP contribution in [-0.4, -0.2) is 62.8 Å². The molecule has 0 bridgehead atoms. The third kappa shape index (κ3) is 5.70. The standard InChI is InChI=1S/C19H36N4O.HI/c1-15(2)10-19(7-5-8-19)14-22-18(20-3)21-11-17-12-23-9-4-6-16(23)13-24-17;/h15-17H,4-14H2,1-3H3,(H2,20,21,22);1H. The van der Waals surface area contributed by atoms with Crippen LogP contribution in [0.5, 0.6) is 0 Å². The Labute approximate surface area is 170 Å². The minimum atomic E-state index is 0. The normalized spacial score (nSPS) is 28.9. The summed E-state index contributed by atoms with van der Waals surface area (Å²) in [5.74, 6) is 1.70. The number of rotatable bonds is 6. The Morgan fingerprint density at radius 3 is 2.72 bits per heavy atom. The molecule has 1 aliphatic carbocycles. The van der Waals surface area contributed by atoms with Crippen molar-refractivity contribution in [3.8, 4) is 0 Å². The average molecular weight is 464 g/mol. The fraction of sp³-hybridized carbons (Fsp3) is 0.947. The van der Waals surface area contributed by atoms with Crippen LogP contribution in [-0.2, 0) is 4.74 Å². The zero-order valence-corrected chi connectivity index (χ0v) is 18.6. The summed E-state index contributed by atoms with van der Waals surface area (Å²) in [6, 6.07) is 0.674. The first-order valence-corrected chi connectivity index (χ1v) is 9.90. The molecule has 1 saturated carbocycles. The smallest absolute Gasteiger partial charge is 0.191 e. The molecular weight excluding hydrogens is 427 g/mol. The molecule has 25 heavy (non-hydrogen) atoms. The lowest BCUT2D eigenvalue weighted by Gasteiger charge is -2.43. The van der Waals surface area contributed by atoms with Gasteiger partial charge in [0.2, 0.25) is 0 Å². The largest absolute Gasteiger partial charge is 0.373 e. The molecule has 2 saturated heterocycles. The van der Waals surface area contributed by atoms with Crippen molar-refractivity contribution in [3.05, 3.63) is 0 Å². The first-order chi connectivity index (χ1) is 11.6. The number of nitrogens with zero attached hydrogens (tertiary/aromatic N) is 2. The van der Waals surface area contributed by atoms with Gasteiger partial charge in [-0.05, 0) is 50.0 Å². The van der Waals surface area contributed by atoms with Crippen LogP contribution in [0.25, 0.3) is 0 Å². The summed E-state index contributed by atoms with van der Waals surface area (Å²) in [7, 11) is 1.86.